The maximum Gasteiger partial charge on any atom is 0.272 e. The number of aromatic nitrogens is 1. The number of carbonyl (C=O) groups excluding carboxylic acids is 1. The van der Waals surface area contributed by atoms with E-state index < -0.39 is 0 Å². The molecule has 3 atom stereocenters. The average molecular weight is 275 g/mol. The fraction of sp³-hybridized carbons (Fsp3) is 0.625. The van der Waals surface area contributed by atoms with Crippen LogP contribution in [0.2, 0.25) is 0 Å². The van der Waals surface area contributed by atoms with Crippen molar-refractivity contribution in [1.82, 2.24) is 9.88 Å². The van der Waals surface area contributed by atoms with Gasteiger partial charge in [-0.1, -0.05) is 13.8 Å². The first-order valence-electron chi connectivity index (χ1n) is 7.41. The summed E-state index contributed by atoms with van der Waals surface area (Å²) in [6, 6.07) is 4.30. The van der Waals surface area contributed by atoms with Gasteiger partial charge in [0.25, 0.3) is 5.91 Å². The highest BCUT2D eigenvalue weighted by Crippen LogP contribution is 2.31. The first-order valence-corrected chi connectivity index (χ1v) is 7.41. The van der Waals surface area contributed by atoms with E-state index >= 15 is 0 Å². The van der Waals surface area contributed by atoms with Crippen LogP contribution in [0.3, 0.4) is 0 Å². The molecule has 1 aliphatic rings. The Morgan fingerprint density at radius 1 is 1.30 bits per heavy atom. The molecule has 0 radical (unpaired) electrons. The van der Waals surface area contributed by atoms with Gasteiger partial charge in [0, 0.05) is 32.0 Å². The van der Waals surface area contributed by atoms with Gasteiger partial charge in [0.15, 0.2) is 0 Å². The first kappa shape index (κ1) is 14.8. The Hall–Kier alpha value is -1.58. The third-order valence-corrected chi connectivity index (χ3v) is 4.35. The van der Waals surface area contributed by atoms with E-state index in [0.717, 1.165) is 17.5 Å². The van der Waals surface area contributed by atoms with Gasteiger partial charge in [0.1, 0.15) is 5.69 Å². The van der Waals surface area contributed by atoms with E-state index in [9.17, 15) is 4.79 Å². The molecule has 0 aromatic carbocycles. The monoisotopic (exact) mass is 275 g/mol. The molecule has 1 heterocycles. The van der Waals surface area contributed by atoms with Crippen LogP contribution in [-0.2, 0) is 0 Å². The van der Waals surface area contributed by atoms with E-state index in [1.807, 2.05) is 12.1 Å². The van der Waals surface area contributed by atoms with Crippen LogP contribution in [0.5, 0.6) is 0 Å². The van der Waals surface area contributed by atoms with Gasteiger partial charge >= 0.3 is 0 Å². The topological polar surface area (TPSA) is 45.2 Å². The second-order valence-electron chi connectivity index (χ2n) is 6.24. The minimum atomic E-state index is -0.0562. The summed E-state index contributed by atoms with van der Waals surface area (Å²) in [4.78, 5) is 17.6. The Bertz CT molecular complexity index is 473. The lowest BCUT2D eigenvalue weighted by molar-refractivity contribution is 0.0822. The van der Waals surface area contributed by atoms with Crippen LogP contribution < -0.4 is 5.32 Å². The lowest BCUT2D eigenvalue weighted by Gasteiger charge is -2.33. The van der Waals surface area contributed by atoms with Gasteiger partial charge in [-0.3, -0.25) is 9.78 Å². The van der Waals surface area contributed by atoms with Gasteiger partial charge in [-0.2, -0.15) is 0 Å². The van der Waals surface area contributed by atoms with Gasteiger partial charge in [0.05, 0.1) is 0 Å². The summed E-state index contributed by atoms with van der Waals surface area (Å²) in [6.07, 6.45) is 5.37. The molecule has 2 rings (SSSR count). The Morgan fingerprint density at radius 2 is 2.05 bits per heavy atom. The normalized spacial score (nSPS) is 26.1. The summed E-state index contributed by atoms with van der Waals surface area (Å²) in [6.45, 7) is 4.66. The molecule has 1 aromatic rings. The Kier molecular flexibility index (Phi) is 4.63. The molecule has 1 fully saturated rings. The fourth-order valence-corrected chi connectivity index (χ4v) is 2.78. The van der Waals surface area contributed by atoms with Crippen molar-refractivity contribution in [3.05, 3.63) is 24.0 Å². The quantitative estimate of drug-likeness (QED) is 0.922. The number of nitrogens with one attached hydrogen (secondary N) is 1. The molecule has 1 amide bonds. The molecule has 0 spiro atoms. The predicted molar refractivity (Wildman–Crippen MR) is 81.8 cm³/mol. The molecule has 4 heteroatoms. The lowest BCUT2D eigenvalue weighted by Crippen LogP contribution is -2.30. The fourth-order valence-electron chi connectivity index (χ4n) is 2.78. The molecule has 4 nitrogen and oxygen atoms in total. The molecular weight excluding hydrogens is 250 g/mol. The van der Waals surface area contributed by atoms with Crippen molar-refractivity contribution in [1.29, 1.82) is 0 Å². The summed E-state index contributed by atoms with van der Waals surface area (Å²) in [5.41, 5.74) is 1.49. The van der Waals surface area contributed by atoms with Crippen LogP contribution in [0.4, 0.5) is 5.69 Å². The second kappa shape index (κ2) is 6.25. The van der Waals surface area contributed by atoms with Crippen molar-refractivity contribution in [3.8, 4) is 0 Å². The van der Waals surface area contributed by atoms with E-state index in [-0.39, 0.29) is 5.91 Å². The highest BCUT2D eigenvalue weighted by Gasteiger charge is 2.24. The smallest absolute Gasteiger partial charge is 0.272 e. The number of nitrogens with zero attached hydrogens (tertiary/aromatic N) is 2. The second-order valence-corrected chi connectivity index (χ2v) is 6.24. The Balaban J connectivity index is 2.03. The van der Waals surface area contributed by atoms with Crippen molar-refractivity contribution in [2.45, 2.75) is 39.2 Å². The predicted octanol–water partition coefficient (Wildman–Crippen LogP) is 3.02. The third-order valence-electron chi connectivity index (χ3n) is 4.35. The van der Waals surface area contributed by atoms with Crippen molar-refractivity contribution < 1.29 is 4.79 Å². The van der Waals surface area contributed by atoms with E-state index in [2.05, 4.69) is 24.1 Å². The van der Waals surface area contributed by atoms with Gasteiger partial charge in [-0.05, 0) is 43.2 Å². The molecule has 1 saturated carbocycles. The molecule has 110 valence electrons. The molecule has 1 N–H and O–H groups in total. The Morgan fingerprint density at radius 3 is 2.70 bits per heavy atom. The SMILES string of the molecule is CC1CCC(Nc2ccnc(C(=O)N(C)C)c2)CC1C. The van der Waals surface area contributed by atoms with Crippen LogP contribution in [0.1, 0.15) is 43.6 Å². The van der Waals surface area contributed by atoms with E-state index in [0.29, 0.717) is 11.7 Å². The molecule has 1 aromatic heterocycles. The molecule has 0 bridgehead atoms. The molecular formula is C16H25N3O. The number of amides is 1. The molecule has 0 aliphatic heterocycles. The number of hydrogen-bond donors (Lipinski definition) is 1. The zero-order valence-electron chi connectivity index (χ0n) is 12.9. The van der Waals surface area contributed by atoms with E-state index in [1.165, 1.54) is 19.3 Å². The minimum Gasteiger partial charge on any atom is -0.382 e. The maximum atomic E-state index is 11.9. The Labute approximate surface area is 121 Å². The van der Waals surface area contributed by atoms with Crippen LogP contribution in [0, 0.1) is 11.8 Å². The molecule has 20 heavy (non-hydrogen) atoms. The number of carbonyl (C=O) groups is 1. The van der Waals surface area contributed by atoms with E-state index in [4.69, 9.17) is 0 Å². The highest BCUT2D eigenvalue weighted by molar-refractivity contribution is 5.92. The van der Waals surface area contributed by atoms with Crippen LogP contribution >= 0.6 is 0 Å². The molecule has 3 unspecified atom stereocenters. The minimum absolute atomic E-state index is 0.0562. The zero-order valence-corrected chi connectivity index (χ0v) is 12.9. The maximum absolute atomic E-state index is 11.9. The van der Waals surface area contributed by atoms with Crippen LogP contribution in [-0.4, -0.2) is 35.9 Å². The van der Waals surface area contributed by atoms with Crippen LogP contribution in [0.25, 0.3) is 0 Å². The third kappa shape index (κ3) is 3.50. The number of pyridine rings is 1. The summed E-state index contributed by atoms with van der Waals surface area (Å²) in [7, 11) is 3.49. The average Bonchev–Trinajstić information content (AvgIpc) is 2.42. The summed E-state index contributed by atoms with van der Waals surface area (Å²) >= 11 is 0. The summed E-state index contributed by atoms with van der Waals surface area (Å²) in [5, 5.41) is 3.56. The van der Waals surface area contributed by atoms with Gasteiger partial charge in [-0.15, -0.1) is 0 Å². The number of hydrogen-bond acceptors (Lipinski definition) is 3. The van der Waals surface area contributed by atoms with Crippen molar-refractivity contribution in [2.24, 2.45) is 11.8 Å². The van der Waals surface area contributed by atoms with Gasteiger partial charge < -0.3 is 10.2 Å². The molecule has 0 saturated heterocycles. The van der Waals surface area contributed by atoms with Gasteiger partial charge in [0.2, 0.25) is 0 Å². The van der Waals surface area contributed by atoms with Crippen molar-refractivity contribution in [2.75, 3.05) is 19.4 Å². The van der Waals surface area contributed by atoms with Crippen molar-refractivity contribution >= 4 is 11.6 Å². The summed E-state index contributed by atoms with van der Waals surface area (Å²) < 4.78 is 0. The van der Waals surface area contributed by atoms with Gasteiger partial charge in [-0.25, -0.2) is 0 Å². The standard InChI is InChI=1S/C16H25N3O/c1-11-5-6-13(9-12(11)2)18-14-7-8-17-15(10-14)16(20)19(3)4/h7-8,10-13H,5-6,9H2,1-4H3,(H,17,18). The van der Waals surface area contributed by atoms with E-state index in [1.54, 1.807) is 25.2 Å². The van der Waals surface area contributed by atoms with Crippen LogP contribution in [0.15, 0.2) is 18.3 Å². The largest absolute Gasteiger partial charge is 0.382 e. The molecule has 1 aliphatic carbocycles. The first-order chi connectivity index (χ1) is 9.47. The highest BCUT2D eigenvalue weighted by atomic mass is 16.2. The summed E-state index contributed by atoms with van der Waals surface area (Å²) in [5.74, 6) is 1.52. The van der Waals surface area contributed by atoms with Crippen molar-refractivity contribution in [3.63, 3.8) is 0 Å². The lowest BCUT2D eigenvalue weighted by atomic mass is 9.79. The zero-order chi connectivity index (χ0) is 14.7. The number of anilines is 1. The number of rotatable bonds is 3.